The minimum absolute atomic E-state index is 0.0462. The summed E-state index contributed by atoms with van der Waals surface area (Å²) in [4.78, 5) is 24.8. The fourth-order valence-electron chi connectivity index (χ4n) is 3.46. The standard InChI is InChI=1S/C26H23NO7/c1-31-21-9-8-16(10-23(21)32-2)14-27-25(30)15-33-18-11-19(28)26-20(29)13-22(34-24(26)12-18)17-6-4-3-5-7-17/h3-13,28H,14-15H2,1-2H3,(H,27,30). The average molecular weight is 461 g/mol. The highest BCUT2D eigenvalue weighted by molar-refractivity contribution is 5.86. The van der Waals surface area contributed by atoms with Crippen LogP contribution in [0.4, 0.5) is 0 Å². The molecule has 8 heteroatoms. The van der Waals surface area contributed by atoms with Crippen LogP contribution in [0.15, 0.2) is 75.9 Å². The highest BCUT2D eigenvalue weighted by atomic mass is 16.5. The van der Waals surface area contributed by atoms with Gasteiger partial charge in [0.15, 0.2) is 23.5 Å². The van der Waals surface area contributed by atoms with Gasteiger partial charge in [-0.1, -0.05) is 36.4 Å². The van der Waals surface area contributed by atoms with E-state index in [-0.39, 0.29) is 47.0 Å². The van der Waals surface area contributed by atoms with Crippen LogP contribution in [0.3, 0.4) is 0 Å². The lowest BCUT2D eigenvalue weighted by Gasteiger charge is -2.11. The number of rotatable bonds is 8. The Morgan fingerprint density at radius 2 is 1.74 bits per heavy atom. The fraction of sp³-hybridized carbons (Fsp3) is 0.154. The molecule has 0 aliphatic rings. The number of phenolic OH excluding ortho intramolecular Hbond substituents is 1. The fourth-order valence-corrected chi connectivity index (χ4v) is 3.46. The molecule has 4 aromatic rings. The monoisotopic (exact) mass is 461 g/mol. The number of amides is 1. The SMILES string of the molecule is COc1ccc(CNC(=O)COc2cc(O)c3c(=O)cc(-c4ccccc4)oc3c2)cc1OC. The van der Waals surface area contributed by atoms with Crippen molar-refractivity contribution in [1.82, 2.24) is 5.32 Å². The van der Waals surface area contributed by atoms with Gasteiger partial charge < -0.3 is 29.1 Å². The second-order valence-electron chi connectivity index (χ2n) is 7.41. The van der Waals surface area contributed by atoms with E-state index in [4.69, 9.17) is 18.6 Å². The molecule has 2 N–H and O–H groups in total. The molecule has 0 aliphatic heterocycles. The van der Waals surface area contributed by atoms with Gasteiger partial charge in [-0.15, -0.1) is 0 Å². The second-order valence-corrected chi connectivity index (χ2v) is 7.41. The molecule has 4 rings (SSSR count). The van der Waals surface area contributed by atoms with Crippen LogP contribution >= 0.6 is 0 Å². The lowest BCUT2D eigenvalue weighted by molar-refractivity contribution is -0.123. The Hall–Kier alpha value is -4.46. The Balaban J connectivity index is 1.46. The van der Waals surface area contributed by atoms with Crippen LogP contribution in [0, 0.1) is 0 Å². The van der Waals surface area contributed by atoms with Crippen LogP contribution in [0.1, 0.15) is 5.56 Å². The first kappa shape index (κ1) is 22.7. The maximum Gasteiger partial charge on any atom is 0.258 e. The van der Waals surface area contributed by atoms with Crippen LogP contribution in [-0.4, -0.2) is 31.8 Å². The summed E-state index contributed by atoms with van der Waals surface area (Å²) in [6.07, 6.45) is 0. The van der Waals surface area contributed by atoms with Gasteiger partial charge in [0.1, 0.15) is 28.2 Å². The van der Waals surface area contributed by atoms with E-state index in [1.807, 2.05) is 36.4 Å². The van der Waals surface area contributed by atoms with E-state index < -0.39 is 0 Å². The minimum atomic E-state index is -0.378. The first-order valence-corrected chi connectivity index (χ1v) is 10.4. The normalized spacial score (nSPS) is 10.6. The number of phenols is 1. The largest absolute Gasteiger partial charge is 0.507 e. The number of fused-ring (bicyclic) bond motifs is 1. The summed E-state index contributed by atoms with van der Waals surface area (Å²) in [5, 5.41) is 13.1. The van der Waals surface area contributed by atoms with Crippen LogP contribution in [0.5, 0.6) is 23.0 Å². The summed E-state index contributed by atoms with van der Waals surface area (Å²) >= 11 is 0. The first-order chi connectivity index (χ1) is 16.5. The summed E-state index contributed by atoms with van der Waals surface area (Å²) in [5.41, 5.74) is 1.33. The maximum absolute atomic E-state index is 12.5. The summed E-state index contributed by atoms with van der Waals surface area (Å²) in [5.74, 6) is 1.06. The van der Waals surface area contributed by atoms with Crippen molar-refractivity contribution < 1.29 is 28.5 Å². The number of methoxy groups -OCH3 is 2. The molecule has 0 fully saturated rings. The van der Waals surface area contributed by atoms with Gasteiger partial charge in [-0.25, -0.2) is 0 Å². The molecule has 1 heterocycles. The van der Waals surface area contributed by atoms with Crippen LogP contribution in [0.25, 0.3) is 22.3 Å². The Morgan fingerprint density at radius 1 is 0.971 bits per heavy atom. The minimum Gasteiger partial charge on any atom is -0.507 e. The number of aromatic hydroxyl groups is 1. The van der Waals surface area contributed by atoms with Crippen LogP contribution < -0.4 is 25.0 Å². The van der Waals surface area contributed by atoms with Gasteiger partial charge in [0.2, 0.25) is 0 Å². The highest BCUT2D eigenvalue weighted by Gasteiger charge is 2.14. The third kappa shape index (κ3) is 4.96. The predicted octanol–water partition coefficient (Wildman–Crippen LogP) is 3.88. The number of carbonyl (C=O) groups excluding carboxylic acids is 1. The number of ether oxygens (including phenoxy) is 3. The predicted molar refractivity (Wildman–Crippen MR) is 126 cm³/mol. The van der Waals surface area contributed by atoms with Crippen molar-refractivity contribution in [3.63, 3.8) is 0 Å². The van der Waals surface area contributed by atoms with Gasteiger partial charge >= 0.3 is 0 Å². The molecule has 0 saturated heterocycles. The topological polar surface area (TPSA) is 107 Å². The zero-order valence-corrected chi connectivity index (χ0v) is 18.7. The smallest absolute Gasteiger partial charge is 0.258 e. The van der Waals surface area contributed by atoms with E-state index in [0.717, 1.165) is 11.1 Å². The molecule has 0 spiro atoms. The molecule has 34 heavy (non-hydrogen) atoms. The van der Waals surface area contributed by atoms with Crippen molar-refractivity contribution in [2.75, 3.05) is 20.8 Å². The van der Waals surface area contributed by atoms with Gasteiger partial charge in [-0.05, 0) is 17.7 Å². The molecule has 8 nitrogen and oxygen atoms in total. The van der Waals surface area contributed by atoms with E-state index in [0.29, 0.717) is 17.3 Å². The molecule has 0 atom stereocenters. The van der Waals surface area contributed by atoms with Gasteiger partial charge in [0, 0.05) is 30.3 Å². The van der Waals surface area contributed by atoms with Crippen molar-refractivity contribution in [2.45, 2.75) is 6.54 Å². The number of nitrogens with one attached hydrogen (secondary N) is 1. The molecule has 3 aromatic carbocycles. The molecule has 0 bridgehead atoms. The molecule has 0 aliphatic carbocycles. The zero-order chi connectivity index (χ0) is 24.1. The van der Waals surface area contributed by atoms with Gasteiger partial charge in [0.05, 0.1) is 14.2 Å². The van der Waals surface area contributed by atoms with Crippen molar-refractivity contribution in [3.8, 4) is 34.3 Å². The Bertz CT molecular complexity index is 1380. The van der Waals surface area contributed by atoms with Crippen LogP contribution in [0.2, 0.25) is 0 Å². The Morgan fingerprint density at radius 3 is 2.47 bits per heavy atom. The molecule has 0 saturated carbocycles. The Kier molecular flexibility index (Phi) is 6.68. The number of hydrogen-bond acceptors (Lipinski definition) is 7. The molecular formula is C26H23NO7. The molecule has 1 amide bonds. The number of benzene rings is 3. The van der Waals surface area contributed by atoms with Crippen LogP contribution in [-0.2, 0) is 11.3 Å². The molecule has 0 unspecified atom stereocenters. The summed E-state index contributed by atoms with van der Waals surface area (Å²) in [6.45, 7) is -0.0261. The van der Waals surface area contributed by atoms with Gasteiger partial charge in [-0.3, -0.25) is 9.59 Å². The van der Waals surface area contributed by atoms with Crippen molar-refractivity contribution in [3.05, 3.63) is 82.5 Å². The Labute approximate surface area is 195 Å². The van der Waals surface area contributed by atoms with E-state index >= 15 is 0 Å². The molecule has 0 radical (unpaired) electrons. The van der Waals surface area contributed by atoms with Gasteiger partial charge in [-0.2, -0.15) is 0 Å². The summed E-state index contributed by atoms with van der Waals surface area (Å²) < 4.78 is 21.8. The van der Waals surface area contributed by atoms with Crippen molar-refractivity contribution in [2.24, 2.45) is 0 Å². The first-order valence-electron chi connectivity index (χ1n) is 10.4. The molecular weight excluding hydrogens is 438 g/mol. The highest BCUT2D eigenvalue weighted by Crippen LogP contribution is 2.31. The maximum atomic E-state index is 12.5. The average Bonchev–Trinajstić information content (AvgIpc) is 2.86. The van der Waals surface area contributed by atoms with E-state index in [2.05, 4.69) is 5.32 Å². The lowest BCUT2D eigenvalue weighted by atomic mass is 10.1. The van der Waals surface area contributed by atoms with Crippen molar-refractivity contribution >= 4 is 16.9 Å². The second kappa shape index (κ2) is 9.99. The lowest BCUT2D eigenvalue weighted by Crippen LogP contribution is -2.28. The van der Waals surface area contributed by atoms with Gasteiger partial charge in [0.25, 0.3) is 5.91 Å². The summed E-state index contributed by atoms with van der Waals surface area (Å²) in [6, 6.07) is 18.6. The third-order valence-corrected chi connectivity index (χ3v) is 5.15. The molecule has 174 valence electrons. The number of hydrogen-bond donors (Lipinski definition) is 2. The quantitative estimate of drug-likeness (QED) is 0.410. The molecule has 1 aromatic heterocycles. The van der Waals surface area contributed by atoms with Crippen molar-refractivity contribution in [1.29, 1.82) is 0 Å². The number of carbonyl (C=O) groups is 1. The van der Waals surface area contributed by atoms with E-state index in [9.17, 15) is 14.7 Å². The zero-order valence-electron chi connectivity index (χ0n) is 18.7. The third-order valence-electron chi connectivity index (χ3n) is 5.15. The van der Waals surface area contributed by atoms with E-state index in [1.165, 1.54) is 25.3 Å². The van der Waals surface area contributed by atoms with E-state index in [1.54, 1.807) is 19.2 Å². The summed E-state index contributed by atoms with van der Waals surface area (Å²) in [7, 11) is 3.09.